The van der Waals surface area contributed by atoms with Crippen LogP contribution in [0.15, 0.2) is 15.5 Å². The van der Waals surface area contributed by atoms with E-state index >= 15 is 0 Å². The Hall–Kier alpha value is 0.0400. The summed E-state index contributed by atoms with van der Waals surface area (Å²) in [5.41, 5.74) is 1.16. The second-order valence-corrected chi connectivity index (χ2v) is 3.67. The standard InChI is InChI=1S/C7H8Br2N2/c1-2-3-5-4-10-7(9)11-6(5)8/h4H,2-3H2,1H3. The summed E-state index contributed by atoms with van der Waals surface area (Å²) in [5.74, 6) is 0. The minimum Gasteiger partial charge on any atom is -0.230 e. The Morgan fingerprint density at radius 3 is 2.73 bits per heavy atom. The van der Waals surface area contributed by atoms with Crippen molar-refractivity contribution in [1.29, 1.82) is 0 Å². The van der Waals surface area contributed by atoms with Gasteiger partial charge >= 0.3 is 0 Å². The Morgan fingerprint density at radius 1 is 1.45 bits per heavy atom. The van der Waals surface area contributed by atoms with Gasteiger partial charge in [-0.25, -0.2) is 9.97 Å². The van der Waals surface area contributed by atoms with Crippen molar-refractivity contribution in [1.82, 2.24) is 9.97 Å². The summed E-state index contributed by atoms with van der Waals surface area (Å²) in [6.07, 6.45) is 3.97. The van der Waals surface area contributed by atoms with E-state index < -0.39 is 0 Å². The molecule has 1 aromatic rings. The van der Waals surface area contributed by atoms with Gasteiger partial charge in [-0.15, -0.1) is 0 Å². The van der Waals surface area contributed by atoms with Crippen LogP contribution in [0.3, 0.4) is 0 Å². The molecule has 1 heterocycles. The molecule has 0 bridgehead atoms. The minimum atomic E-state index is 0.629. The van der Waals surface area contributed by atoms with Crippen LogP contribution < -0.4 is 0 Å². The third-order valence-corrected chi connectivity index (χ3v) is 2.37. The quantitative estimate of drug-likeness (QED) is 0.614. The second-order valence-electron chi connectivity index (χ2n) is 2.21. The fourth-order valence-corrected chi connectivity index (χ4v) is 1.79. The first-order valence-electron chi connectivity index (χ1n) is 3.41. The highest BCUT2D eigenvalue weighted by atomic mass is 79.9. The first-order chi connectivity index (χ1) is 5.24. The molecule has 0 aliphatic carbocycles. The molecule has 0 unspecified atom stereocenters. The Morgan fingerprint density at radius 2 is 2.18 bits per heavy atom. The lowest BCUT2D eigenvalue weighted by Gasteiger charge is -1.99. The lowest BCUT2D eigenvalue weighted by atomic mass is 10.2. The van der Waals surface area contributed by atoms with Gasteiger partial charge in [0, 0.05) is 11.8 Å². The third kappa shape index (κ3) is 2.52. The molecule has 0 fully saturated rings. The maximum atomic E-state index is 4.11. The smallest absolute Gasteiger partial charge is 0.197 e. The molecule has 4 heteroatoms. The largest absolute Gasteiger partial charge is 0.230 e. The van der Waals surface area contributed by atoms with Crippen LogP contribution in [0.5, 0.6) is 0 Å². The zero-order valence-corrected chi connectivity index (χ0v) is 9.31. The Labute approximate surface area is 82.7 Å². The number of aryl methyl sites for hydroxylation is 1. The molecular formula is C7H8Br2N2. The van der Waals surface area contributed by atoms with Crippen LogP contribution in [0.2, 0.25) is 0 Å². The van der Waals surface area contributed by atoms with Gasteiger partial charge in [0.15, 0.2) is 4.73 Å². The topological polar surface area (TPSA) is 25.8 Å². The average molecular weight is 280 g/mol. The average Bonchev–Trinajstić information content (AvgIpc) is 1.95. The van der Waals surface area contributed by atoms with Gasteiger partial charge in [-0.3, -0.25) is 0 Å². The molecular weight excluding hydrogens is 272 g/mol. The SMILES string of the molecule is CCCc1cnc(Br)nc1Br. The van der Waals surface area contributed by atoms with E-state index in [9.17, 15) is 0 Å². The summed E-state index contributed by atoms with van der Waals surface area (Å²) in [6.45, 7) is 2.13. The molecule has 0 saturated heterocycles. The van der Waals surface area contributed by atoms with Crippen molar-refractivity contribution in [3.63, 3.8) is 0 Å². The Kier molecular flexibility index (Phi) is 3.45. The number of aromatic nitrogens is 2. The van der Waals surface area contributed by atoms with Crippen molar-refractivity contribution >= 4 is 31.9 Å². The normalized spacial score (nSPS) is 10.1. The van der Waals surface area contributed by atoms with E-state index in [1.54, 1.807) is 0 Å². The molecule has 2 nitrogen and oxygen atoms in total. The first kappa shape index (κ1) is 9.13. The van der Waals surface area contributed by atoms with Crippen molar-refractivity contribution in [2.45, 2.75) is 19.8 Å². The molecule has 0 spiro atoms. The summed E-state index contributed by atoms with van der Waals surface area (Å²) < 4.78 is 1.52. The summed E-state index contributed by atoms with van der Waals surface area (Å²) in [7, 11) is 0. The molecule has 60 valence electrons. The fourth-order valence-electron chi connectivity index (χ4n) is 0.803. The van der Waals surface area contributed by atoms with Crippen molar-refractivity contribution in [2.24, 2.45) is 0 Å². The monoisotopic (exact) mass is 278 g/mol. The van der Waals surface area contributed by atoms with E-state index in [2.05, 4.69) is 48.8 Å². The summed E-state index contributed by atoms with van der Waals surface area (Å²) in [6, 6.07) is 0. The van der Waals surface area contributed by atoms with Crippen molar-refractivity contribution in [3.05, 3.63) is 21.1 Å². The maximum Gasteiger partial charge on any atom is 0.197 e. The zero-order valence-electron chi connectivity index (χ0n) is 6.14. The van der Waals surface area contributed by atoms with Gasteiger partial charge in [0.1, 0.15) is 4.60 Å². The summed E-state index contributed by atoms with van der Waals surface area (Å²) in [4.78, 5) is 8.15. The lowest BCUT2D eigenvalue weighted by molar-refractivity contribution is 0.884. The molecule has 0 aliphatic heterocycles. The van der Waals surface area contributed by atoms with Crippen molar-refractivity contribution in [3.8, 4) is 0 Å². The van der Waals surface area contributed by atoms with E-state index in [1.807, 2.05) is 6.20 Å². The zero-order chi connectivity index (χ0) is 8.27. The molecule has 0 aliphatic rings. The van der Waals surface area contributed by atoms with Crippen LogP contribution in [0.25, 0.3) is 0 Å². The molecule has 0 atom stereocenters. The van der Waals surface area contributed by atoms with E-state index in [-0.39, 0.29) is 0 Å². The highest BCUT2D eigenvalue weighted by molar-refractivity contribution is 9.11. The van der Waals surface area contributed by atoms with E-state index in [0.717, 1.165) is 23.0 Å². The number of hydrogen-bond acceptors (Lipinski definition) is 2. The van der Waals surface area contributed by atoms with Crippen LogP contribution in [0.1, 0.15) is 18.9 Å². The molecule has 11 heavy (non-hydrogen) atoms. The predicted molar refractivity (Wildman–Crippen MR) is 51.4 cm³/mol. The molecule has 0 aromatic carbocycles. The summed E-state index contributed by atoms with van der Waals surface area (Å²) in [5, 5.41) is 0. The van der Waals surface area contributed by atoms with E-state index in [0.29, 0.717) is 4.73 Å². The van der Waals surface area contributed by atoms with Gasteiger partial charge < -0.3 is 0 Å². The van der Waals surface area contributed by atoms with Gasteiger partial charge in [0.2, 0.25) is 0 Å². The molecule has 1 rings (SSSR count). The Bertz CT molecular complexity index is 250. The minimum absolute atomic E-state index is 0.629. The molecule has 1 aromatic heterocycles. The maximum absolute atomic E-state index is 4.11. The van der Waals surface area contributed by atoms with Gasteiger partial charge in [-0.2, -0.15) is 0 Å². The van der Waals surface area contributed by atoms with Crippen LogP contribution >= 0.6 is 31.9 Å². The fraction of sp³-hybridized carbons (Fsp3) is 0.429. The van der Waals surface area contributed by atoms with Gasteiger partial charge in [0.05, 0.1) is 0 Å². The van der Waals surface area contributed by atoms with Gasteiger partial charge in [-0.05, 0) is 38.3 Å². The number of halogens is 2. The van der Waals surface area contributed by atoms with Crippen LogP contribution in [0.4, 0.5) is 0 Å². The predicted octanol–water partition coefficient (Wildman–Crippen LogP) is 2.95. The first-order valence-corrected chi connectivity index (χ1v) is 4.99. The lowest BCUT2D eigenvalue weighted by Crippen LogP contribution is -1.91. The third-order valence-electron chi connectivity index (χ3n) is 1.30. The Balaban J connectivity index is 2.90. The van der Waals surface area contributed by atoms with Crippen molar-refractivity contribution < 1.29 is 0 Å². The van der Waals surface area contributed by atoms with Crippen LogP contribution in [-0.2, 0) is 6.42 Å². The van der Waals surface area contributed by atoms with Crippen LogP contribution in [0, 0.1) is 0 Å². The second kappa shape index (κ2) is 4.16. The highest BCUT2D eigenvalue weighted by Gasteiger charge is 2.00. The molecule has 0 N–H and O–H groups in total. The van der Waals surface area contributed by atoms with Crippen LogP contribution in [-0.4, -0.2) is 9.97 Å². The highest BCUT2D eigenvalue weighted by Crippen LogP contribution is 2.16. The van der Waals surface area contributed by atoms with E-state index in [4.69, 9.17) is 0 Å². The summed E-state index contributed by atoms with van der Waals surface area (Å²) >= 11 is 6.56. The number of nitrogens with zero attached hydrogens (tertiary/aromatic N) is 2. The molecule has 0 saturated carbocycles. The number of rotatable bonds is 2. The molecule has 0 amide bonds. The molecule has 0 radical (unpaired) electrons. The number of hydrogen-bond donors (Lipinski definition) is 0. The van der Waals surface area contributed by atoms with E-state index in [1.165, 1.54) is 0 Å². The van der Waals surface area contributed by atoms with Crippen molar-refractivity contribution in [2.75, 3.05) is 0 Å². The van der Waals surface area contributed by atoms with Gasteiger partial charge in [-0.1, -0.05) is 13.3 Å². The van der Waals surface area contributed by atoms with Gasteiger partial charge in [0.25, 0.3) is 0 Å².